The lowest BCUT2D eigenvalue weighted by molar-refractivity contribution is -0.149. The monoisotopic (exact) mass is 402 g/mol. The molecule has 0 radical (unpaired) electrons. The summed E-state index contributed by atoms with van der Waals surface area (Å²) < 4.78 is 5.18. The van der Waals surface area contributed by atoms with E-state index in [1.54, 1.807) is 7.05 Å². The number of likely N-dealkylation sites (tertiary alicyclic amines) is 1. The molecule has 7 nitrogen and oxygen atoms in total. The second-order valence-corrected chi connectivity index (χ2v) is 7.44. The van der Waals surface area contributed by atoms with E-state index in [0.29, 0.717) is 19.7 Å². The Morgan fingerprint density at radius 1 is 1.34 bits per heavy atom. The van der Waals surface area contributed by atoms with Crippen molar-refractivity contribution < 1.29 is 14.3 Å². The first-order valence-corrected chi connectivity index (χ1v) is 10.5. The zero-order valence-corrected chi connectivity index (χ0v) is 18.0. The van der Waals surface area contributed by atoms with Crippen molar-refractivity contribution in [2.45, 2.75) is 46.6 Å². The van der Waals surface area contributed by atoms with Crippen molar-refractivity contribution in [2.75, 3.05) is 32.1 Å². The van der Waals surface area contributed by atoms with Crippen molar-refractivity contribution in [1.82, 2.24) is 10.2 Å². The number of aliphatic imine (C=N–C) groups is 1. The van der Waals surface area contributed by atoms with Gasteiger partial charge in [0, 0.05) is 38.3 Å². The molecule has 2 N–H and O–H groups in total. The number of hydrogen-bond acceptors (Lipinski definition) is 4. The Hall–Kier alpha value is -2.57. The van der Waals surface area contributed by atoms with Crippen LogP contribution >= 0.6 is 0 Å². The standard InChI is InChI=1S/C22H34N4O3/c1-5-16(3)20(27)25-19-11-7-9-17(13-19)14-24-22(23-4)26-12-8-10-18(15-26)21(28)29-6-2/h7,9,11,13,16,18H,5-6,8,10,12,14-15H2,1-4H3,(H,23,24)(H,25,27). The third-order valence-electron chi connectivity index (χ3n) is 5.26. The highest BCUT2D eigenvalue weighted by molar-refractivity contribution is 5.92. The summed E-state index contributed by atoms with van der Waals surface area (Å²) in [6, 6.07) is 7.81. The van der Waals surface area contributed by atoms with E-state index in [4.69, 9.17) is 4.74 Å². The molecule has 1 aliphatic rings. The number of amides is 1. The topological polar surface area (TPSA) is 83.0 Å². The second kappa shape index (κ2) is 11.4. The summed E-state index contributed by atoms with van der Waals surface area (Å²) >= 11 is 0. The Morgan fingerprint density at radius 2 is 2.14 bits per heavy atom. The lowest BCUT2D eigenvalue weighted by Gasteiger charge is -2.34. The summed E-state index contributed by atoms with van der Waals surface area (Å²) in [6.45, 7) is 8.23. The van der Waals surface area contributed by atoms with E-state index in [0.717, 1.165) is 43.0 Å². The van der Waals surface area contributed by atoms with Gasteiger partial charge in [-0.2, -0.15) is 0 Å². The minimum atomic E-state index is -0.127. The van der Waals surface area contributed by atoms with Gasteiger partial charge in [-0.1, -0.05) is 26.0 Å². The number of anilines is 1. The Bertz CT molecular complexity index is 720. The van der Waals surface area contributed by atoms with Gasteiger partial charge in [-0.3, -0.25) is 14.6 Å². The van der Waals surface area contributed by atoms with Crippen molar-refractivity contribution in [3.63, 3.8) is 0 Å². The van der Waals surface area contributed by atoms with Crippen LogP contribution in [0.25, 0.3) is 0 Å². The molecule has 0 saturated carbocycles. The van der Waals surface area contributed by atoms with E-state index < -0.39 is 0 Å². The molecule has 1 amide bonds. The molecule has 0 aliphatic carbocycles. The maximum absolute atomic E-state index is 12.1. The fourth-order valence-electron chi connectivity index (χ4n) is 3.35. The third kappa shape index (κ3) is 6.76. The molecule has 1 aromatic carbocycles. The molecule has 1 heterocycles. The van der Waals surface area contributed by atoms with Crippen LogP contribution < -0.4 is 10.6 Å². The van der Waals surface area contributed by atoms with E-state index in [-0.39, 0.29) is 23.7 Å². The first kappa shape index (κ1) is 22.7. The van der Waals surface area contributed by atoms with Crippen LogP contribution in [0.2, 0.25) is 0 Å². The Kier molecular flexibility index (Phi) is 8.96. The largest absolute Gasteiger partial charge is 0.466 e. The summed E-state index contributed by atoms with van der Waals surface area (Å²) in [4.78, 5) is 30.7. The van der Waals surface area contributed by atoms with Gasteiger partial charge in [-0.05, 0) is 43.9 Å². The van der Waals surface area contributed by atoms with Gasteiger partial charge in [-0.15, -0.1) is 0 Å². The number of nitrogens with one attached hydrogen (secondary N) is 2. The molecule has 1 fully saturated rings. The van der Waals surface area contributed by atoms with E-state index in [2.05, 4.69) is 20.5 Å². The quantitative estimate of drug-likeness (QED) is 0.416. The molecular formula is C22H34N4O3. The third-order valence-corrected chi connectivity index (χ3v) is 5.26. The van der Waals surface area contributed by atoms with Gasteiger partial charge < -0.3 is 20.3 Å². The smallest absolute Gasteiger partial charge is 0.310 e. The first-order chi connectivity index (χ1) is 14.0. The number of piperidine rings is 1. The fourth-order valence-corrected chi connectivity index (χ4v) is 3.35. The highest BCUT2D eigenvalue weighted by Gasteiger charge is 2.28. The molecule has 160 valence electrons. The summed E-state index contributed by atoms with van der Waals surface area (Å²) in [5, 5.41) is 6.34. The number of benzene rings is 1. The lowest BCUT2D eigenvalue weighted by Crippen LogP contribution is -2.48. The van der Waals surface area contributed by atoms with E-state index >= 15 is 0 Å². The van der Waals surface area contributed by atoms with E-state index in [9.17, 15) is 9.59 Å². The highest BCUT2D eigenvalue weighted by Crippen LogP contribution is 2.18. The van der Waals surface area contributed by atoms with Gasteiger partial charge in [-0.25, -0.2) is 0 Å². The average Bonchev–Trinajstić information content (AvgIpc) is 2.74. The highest BCUT2D eigenvalue weighted by atomic mass is 16.5. The number of nitrogens with zero attached hydrogens (tertiary/aromatic N) is 2. The van der Waals surface area contributed by atoms with Crippen LogP contribution in [0.3, 0.4) is 0 Å². The molecule has 7 heteroatoms. The Morgan fingerprint density at radius 3 is 2.83 bits per heavy atom. The molecule has 0 aromatic heterocycles. The van der Waals surface area contributed by atoms with Gasteiger partial charge in [0.1, 0.15) is 0 Å². The Balaban J connectivity index is 1.94. The van der Waals surface area contributed by atoms with Crippen molar-refractivity contribution in [2.24, 2.45) is 16.8 Å². The number of guanidine groups is 1. The molecule has 2 unspecified atom stereocenters. The van der Waals surface area contributed by atoms with E-state index in [1.165, 1.54) is 0 Å². The minimum Gasteiger partial charge on any atom is -0.466 e. The average molecular weight is 403 g/mol. The summed E-state index contributed by atoms with van der Waals surface area (Å²) in [5.74, 6) is 0.556. The first-order valence-electron chi connectivity index (χ1n) is 10.5. The van der Waals surface area contributed by atoms with Crippen LogP contribution in [0.1, 0.15) is 45.6 Å². The van der Waals surface area contributed by atoms with Crippen LogP contribution in [-0.2, 0) is 20.9 Å². The number of hydrogen-bond donors (Lipinski definition) is 2. The van der Waals surface area contributed by atoms with Gasteiger partial charge >= 0.3 is 5.97 Å². The molecule has 0 spiro atoms. The number of carbonyl (C=O) groups is 2. The van der Waals surface area contributed by atoms with Crippen molar-refractivity contribution in [3.05, 3.63) is 29.8 Å². The lowest BCUT2D eigenvalue weighted by atomic mass is 9.98. The van der Waals surface area contributed by atoms with Crippen LogP contribution in [0.4, 0.5) is 5.69 Å². The van der Waals surface area contributed by atoms with Gasteiger partial charge in [0.25, 0.3) is 0 Å². The summed E-state index contributed by atoms with van der Waals surface area (Å²) in [7, 11) is 1.75. The van der Waals surface area contributed by atoms with Crippen LogP contribution in [-0.4, -0.2) is 49.5 Å². The van der Waals surface area contributed by atoms with Gasteiger partial charge in [0.15, 0.2) is 5.96 Å². The number of ether oxygens (including phenoxy) is 1. The molecule has 1 saturated heterocycles. The molecular weight excluding hydrogens is 368 g/mol. The van der Waals surface area contributed by atoms with Crippen LogP contribution in [0, 0.1) is 11.8 Å². The van der Waals surface area contributed by atoms with Crippen molar-refractivity contribution in [1.29, 1.82) is 0 Å². The molecule has 0 bridgehead atoms. The normalized spacial score (nSPS) is 18.1. The van der Waals surface area contributed by atoms with Crippen LogP contribution in [0.5, 0.6) is 0 Å². The Labute approximate surface area is 173 Å². The zero-order valence-electron chi connectivity index (χ0n) is 18.0. The maximum Gasteiger partial charge on any atom is 0.310 e. The number of esters is 1. The summed E-state index contributed by atoms with van der Waals surface area (Å²) in [6.07, 6.45) is 2.59. The molecule has 29 heavy (non-hydrogen) atoms. The SMILES string of the molecule is CCOC(=O)C1CCCN(C(=NC)NCc2cccc(NC(=O)C(C)CC)c2)C1. The van der Waals surface area contributed by atoms with E-state index in [1.807, 2.05) is 45.0 Å². The number of rotatable bonds is 7. The fraction of sp³-hybridized carbons (Fsp3) is 0.591. The van der Waals surface area contributed by atoms with Gasteiger partial charge in [0.05, 0.1) is 12.5 Å². The second-order valence-electron chi connectivity index (χ2n) is 7.44. The predicted octanol–water partition coefficient (Wildman–Crippen LogP) is 3.02. The molecule has 2 atom stereocenters. The molecule has 2 rings (SSSR count). The van der Waals surface area contributed by atoms with Crippen LogP contribution in [0.15, 0.2) is 29.3 Å². The summed E-state index contributed by atoms with van der Waals surface area (Å²) in [5.41, 5.74) is 1.84. The van der Waals surface area contributed by atoms with Gasteiger partial charge in [0.2, 0.25) is 5.91 Å². The number of carbonyl (C=O) groups excluding carboxylic acids is 2. The predicted molar refractivity (Wildman–Crippen MR) is 116 cm³/mol. The zero-order chi connectivity index (χ0) is 21.2. The minimum absolute atomic E-state index is 0.0120. The maximum atomic E-state index is 12.1. The van der Waals surface area contributed by atoms with Crippen molar-refractivity contribution >= 4 is 23.5 Å². The molecule has 1 aliphatic heterocycles. The van der Waals surface area contributed by atoms with Crippen molar-refractivity contribution in [3.8, 4) is 0 Å². The molecule has 1 aromatic rings.